The van der Waals surface area contributed by atoms with Crippen LogP contribution in [0.25, 0.3) is 16.9 Å². The fourth-order valence-electron chi connectivity index (χ4n) is 3.58. The Bertz CT molecular complexity index is 1020. The normalized spacial score (nSPS) is 19.1. The van der Waals surface area contributed by atoms with Crippen molar-refractivity contribution in [2.45, 2.75) is 31.7 Å². The average molecular weight is 398 g/mol. The number of amides is 1. The molecule has 1 fully saturated rings. The fraction of sp³-hybridized carbons (Fsp3) is 0.300. The molecule has 2 aromatic heterocycles. The molecule has 0 bridgehead atoms. The molecule has 1 aliphatic rings. The first-order chi connectivity index (χ1) is 14.0. The summed E-state index contributed by atoms with van der Waals surface area (Å²) in [6.45, 7) is 0. The van der Waals surface area contributed by atoms with Gasteiger partial charge in [-0.25, -0.2) is 23.4 Å². The van der Waals surface area contributed by atoms with Gasteiger partial charge in [0.25, 0.3) is 0 Å². The van der Waals surface area contributed by atoms with Crippen LogP contribution in [0.5, 0.6) is 0 Å². The summed E-state index contributed by atoms with van der Waals surface area (Å²) in [6, 6.07) is 5.81. The van der Waals surface area contributed by atoms with Gasteiger partial charge in [0.15, 0.2) is 5.82 Å². The quantitative estimate of drug-likeness (QED) is 0.688. The van der Waals surface area contributed by atoms with E-state index in [1.165, 1.54) is 23.0 Å². The first-order valence-corrected chi connectivity index (χ1v) is 9.39. The lowest BCUT2D eigenvalue weighted by atomic mass is 9.85. The molecule has 1 amide bonds. The smallest absolute Gasteiger partial charge is 0.223 e. The lowest BCUT2D eigenvalue weighted by Crippen LogP contribution is -2.34. The molecule has 3 aromatic rings. The second-order valence-corrected chi connectivity index (χ2v) is 7.15. The Kier molecular flexibility index (Phi) is 5.20. The third kappa shape index (κ3) is 4.23. The molecule has 2 atom stereocenters. The SMILES string of the molecule is NC(=O)C1CCCC(Nc2ncc(F)c(-c3cnn(-c4ccc(F)cc4)c3)n2)C1. The van der Waals surface area contributed by atoms with E-state index in [0.29, 0.717) is 17.7 Å². The number of anilines is 1. The largest absolute Gasteiger partial charge is 0.369 e. The van der Waals surface area contributed by atoms with Crippen LogP contribution < -0.4 is 11.1 Å². The number of hydrogen-bond acceptors (Lipinski definition) is 5. The predicted molar refractivity (Wildman–Crippen MR) is 103 cm³/mol. The van der Waals surface area contributed by atoms with Crippen molar-refractivity contribution < 1.29 is 13.6 Å². The van der Waals surface area contributed by atoms with E-state index in [1.54, 1.807) is 18.3 Å². The van der Waals surface area contributed by atoms with E-state index in [4.69, 9.17) is 5.73 Å². The highest BCUT2D eigenvalue weighted by Crippen LogP contribution is 2.27. The van der Waals surface area contributed by atoms with E-state index in [2.05, 4.69) is 20.4 Å². The Labute approximate surface area is 166 Å². The van der Waals surface area contributed by atoms with Crippen molar-refractivity contribution in [3.8, 4) is 16.9 Å². The summed E-state index contributed by atoms with van der Waals surface area (Å²) in [7, 11) is 0. The fourth-order valence-corrected chi connectivity index (χ4v) is 3.58. The highest BCUT2D eigenvalue weighted by molar-refractivity contribution is 5.76. The van der Waals surface area contributed by atoms with Crippen LogP contribution in [0.4, 0.5) is 14.7 Å². The zero-order valence-corrected chi connectivity index (χ0v) is 15.6. The van der Waals surface area contributed by atoms with Gasteiger partial charge < -0.3 is 11.1 Å². The maximum atomic E-state index is 14.4. The number of carbonyl (C=O) groups excluding carboxylic acids is 1. The number of nitrogens with one attached hydrogen (secondary N) is 1. The van der Waals surface area contributed by atoms with Gasteiger partial charge in [-0.1, -0.05) is 6.42 Å². The first kappa shape index (κ1) is 19.0. The van der Waals surface area contributed by atoms with E-state index < -0.39 is 5.82 Å². The number of hydrogen-bond donors (Lipinski definition) is 2. The number of nitrogens with two attached hydrogens (primary N) is 1. The molecule has 9 heteroatoms. The molecular weight excluding hydrogens is 378 g/mol. The van der Waals surface area contributed by atoms with Gasteiger partial charge in [-0.05, 0) is 43.5 Å². The van der Waals surface area contributed by atoms with Crippen molar-refractivity contribution in [3.63, 3.8) is 0 Å². The van der Waals surface area contributed by atoms with Crippen LogP contribution in [0.2, 0.25) is 0 Å². The standard InChI is InChI=1S/C20H20F2N6O/c21-14-4-6-16(7-5-14)28-11-13(9-25-28)18-17(22)10-24-20(27-18)26-15-3-1-2-12(8-15)19(23)29/h4-7,9-12,15H,1-3,8H2,(H2,23,29)(H,24,26,27). The van der Waals surface area contributed by atoms with Crippen LogP contribution in [-0.4, -0.2) is 31.7 Å². The maximum Gasteiger partial charge on any atom is 0.223 e. The second-order valence-electron chi connectivity index (χ2n) is 7.15. The molecule has 29 heavy (non-hydrogen) atoms. The Morgan fingerprint density at radius 1 is 1.17 bits per heavy atom. The molecular formula is C20H20F2N6O. The van der Waals surface area contributed by atoms with Crippen molar-refractivity contribution in [3.05, 3.63) is 54.5 Å². The van der Waals surface area contributed by atoms with E-state index >= 15 is 0 Å². The van der Waals surface area contributed by atoms with Crippen molar-refractivity contribution in [1.82, 2.24) is 19.7 Å². The van der Waals surface area contributed by atoms with Crippen molar-refractivity contribution in [1.29, 1.82) is 0 Å². The Balaban J connectivity index is 1.54. The highest BCUT2D eigenvalue weighted by Gasteiger charge is 2.26. The minimum Gasteiger partial charge on any atom is -0.369 e. The molecule has 4 rings (SSSR count). The monoisotopic (exact) mass is 398 g/mol. The topological polar surface area (TPSA) is 98.7 Å². The number of halogens is 2. The lowest BCUT2D eigenvalue weighted by Gasteiger charge is -2.27. The summed E-state index contributed by atoms with van der Waals surface area (Å²) in [5, 5.41) is 7.39. The van der Waals surface area contributed by atoms with Gasteiger partial charge in [-0.3, -0.25) is 4.79 Å². The number of rotatable bonds is 5. The summed E-state index contributed by atoms with van der Waals surface area (Å²) >= 11 is 0. The van der Waals surface area contributed by atoms with Crippen LogP contribution in [0, 0.1) is 17.6 Å². The van der Waals surface area contributed by atoms with E-state index in [9.17, 15) is 13.6 Å². The number of primary amides is 1. The Hall–Kier alpha value is -3.36. The molecule has 2 unspecified atom stereocenters. The molecule has 2 heterocycles. The lowest BCUT2D eigenvalue weighted by molar-refractivity contribution is -0.122. The predicted octanol–water partition coefficient (Wildman–Crippen LogP) is 3.06. The summed E-state index contributed by atoms with van der Waals surface area (Å²) < 4.78 is 29.0. The third-order valence-corrected chi connectivity index (χ3v) is 5.10. The summed E-state index contributed by atoms with van der Waals surface area (Å²) in [5.41, 5.74) is 6.65. The van der Waals surface area contributed by atoms with Gasteiger partial charge in [-0.15, -0.1) is 0 Å². The van der Waals surface area contributed by atoms with Gasteiger partial charge in [-0.2, -0.15) is 5.10 Å². The molecule has 0 aliphatic heterocycles. The number of benzene rings is 1. The van der Waals surface area contributed by atoms with Crippen LogP contribution in [-0.2, 0) is 4.79 Å². The van der Waals surface area contributed by atoms with E-state index in [1.807, 2.05) is 0 Å². The Morgan fingerprint density at radius 2 is 1.97 bits per heavy atom. The van der Waals surface area contributed by atoms with Gasteiger partial charge >= 0.3 is 0 Å². The van der Waals surface area contributed by atoms with Gasteiger partial charge in [0.05, 0.1) is 18.1 Å². The number of nitrogens with zero attached hydrogens (tertiary/aromatic N) is 4. The maximum absolute atomic E-state index is 14.4. The van der Waals surface area contributed by atoms with Crippen LogP contribution in [0.3, 0.4) is 0 Å². The minimum atomic E-state index is -0.576. The van der Waals surface area contributed by atoms with Gasteiger partial charge in [0.2, 0.25) is 11.9 Å². The van der Waals surface area contributed by atoms with E-state index in [-0.39, 0.29) is 35.3 Å². The highest BCUT2D eigenvalue weighted by atomic mass is 19.1. The summed E-state index contributed by atoms with van der Waals surface area (Å²) in [6.07, 6.45) is 7.34. The van der Waals surface area contributed by atoms with Gasteiger partial charge in [0, 0.05) is 23.7 Å². The number of aromatic nitrogens is 4. The van der Waals surface area contributed by atoms with Crippen LogP contribution in [0.1, 0.15) is 25.7 Å². The Morgan fingerprint density at radius 3 is 2.72 bits per heavy atom. The molecule has 0 saturated heterocycles. The third-order valence-electron chi connectivity index (χ3n) is 5.10. The number of carbonyl (C=O) groups is 1. The molecule has 7 nitrogen and oxygen atoms in total. The van der Waals surface area contributed by atoms with Crippen molar-refractivity contribution in [2.75, 3.05) is 5.32 Å². The molecule has 3 N–H and O–H groups in total. The van der Waals surface area contributed by atoms with Gasteiger partial charge in [0.1, 0.15) is 11.5 Å². The first-order valence-electron chi connectivity index (χ1n) is 9.39. The zero-order valence-electron chi connectivity index (χ0n) is 15.6. The molecule has 0 radical (unpaired) electrons. The van der Waals surface area contributed by atoms with Crippen molar-refractivity contribution >= 4 is 11.9 Å². The molecule has 1 aromatic carbocycles. The molecule has 0 spiro atoms. The summed E-state index contributed by atoms with van der Waals surface area (Å²) in [5.74, 6) is -1.11. The average Bonchev–Trinajstić information content (AvgIpc) is 3.20. The molecule has 1 aliphatic carbocycles. The van der Waals surface area contributed by atoms with Crippen molar-refractivity contribution in [2.24, 2.45) is 11.7 Å². The van der Waals surface area contributed by atoms with Crippen LogP contribution >= 0.6 is 0 Å². The van der Waals surface area contributed by atoms with E-state index in [0.717, 1.165) is 25.5 Å². The molecule has 150 valence electrons. The minimum absolute atomic E-state index is 0.00139. The molecule has 1 saturated carbocycles. The zero-order chi connectivity index (χ0) is 20.4. The van der Waals surface area contributed by atoms with Crippen LogP contribution in [0.15, 0.2) is 42.9 Å². The second kappa shape index (κ2) is 7.94. The summed E-state index contributed by atoms with van der Waals surface area (Å²) in [4.78, 5) is 19.8.